The van der Waals surface area contributed by atoms with E-state index in [0.717, 1.165) is 30.6 Å². The van der Waals surface area contributed by atoms with Crippen molar-refractivity contribution in [3.63, 3.8) is 0 Å². The second-order valence-electron chi connectivity index (χ2n) is 6.96. The van der Waals surface area contributed by atoms with Crippen LogP contribution in [0.4, 0.5) is 0 Å². The molecule has 3 fully saturated rings. The van der Waals surface area contributed by atoms with Crippen molar-refractivity contribution in [2.24, 2.45) is 11.7 Å². The van der Waals surface area contributed by atoms with Crippen LogP contribution in [0.3, 0.4) is 0 Å². The number of rotatable bonds is 4. The molecule has 5 unspecified atom stereocenters. The molecule has 1 aliphatic heterocycles. The lowest BCUT2D eigenvalue weighted by atomic mass is 10.1. The second kappa shape index (κ2) is 5.41. The number of hydrogen-bond acceptors (Lipinski definition) is 4. The van der Waals surface area contributed by atoms with Gasteiger partial charge in [0.1, 0.15) is 11.5 Å². The molecule has 2 N–H and O–H groups in total. The molecule has 5 atom stereocenters. The van der Waals surface area contributed by atoms with Crippen molar-refractivity contribution in [1.82, 2.24) is 4.90 Å². The molecule has 2 heterocycles. The molecule has 1 saturated heterocycles. The minimum absolute atomic E-state index is 0.210. The summed E-state index contributed by atoms with van der Waals surface area (Å²) >= 11 is 0. The predicted octanol–water partition coefficient (Wildman–Crippen LogP) is 2.66. The van der Waals surface area contributed by atoms with Crippen LogP contribution in [0.25, 0.3) is 0 Å². The summed E-state index contributed by atoms with van der Waals surface area (Å²) in [7, 11) is 0. The first-order valence-corrected chi connectivity index (χ1v) is 8.45. The van der Waals surface area contributed by atoms with Gasteiger partial charge in [0.25, 0.3) is 0 Å². The van der Waals surface area contributed by atoms with E-state index < -0.39 is 0 Å². The van der Waals surface area contributed by atoms with Crippen molar-refractivity contribution in [3.05, 3.63) is 23.7 Å². The van der Waals surface area contributed by atoms with Crippen LogP contribution in [0.15, 0.2) is 16.5 Å². The van der Waals surface area contributed by atoms with Crippen LogP contribution in [0, 0.1) is 5.92 Å². The largest absolute Gasteiger partial charge is 0.464 e. The maximum atomic E-state index is 6.17. The second-order valence-corrected chi connectivity index (χ2v) is 6.96. The van der Waals surface area contributed by atoms with E-state index in [2.05, 4.69) is 24.0 Å². The highest BCUT2D eigenvalue weighted by Crippen LogP contribution is 2.48. The first-order chi connectivity index (χ1) is 10.3. The summed E-state index contributed by atoms with van der Waals surface area (Å²) in [5.41, 5.74) is 6.10. The number of nitrogens with two attached hydrogens (primary N) is 1. The Morgan fingerprint density at radius 2 is 2.24 bits per heavy atom. The highest BCUT2D eigenvalue weighted by atomic mass is 16.5. The fraction of sp³-hybridized carbons (Fsp3) is 0.765. The monoisotopic (exact) mass is 290 g/mol. The Labute approximate surface area is 126 Å². The predicted molar refractivity (Wildman–Crippen MR) is 81.1 cm³/mol. The highest BCUT2D eigenvalue weighted by molar-refractivity contribution is 5.20. The lowest BCUT2D eigenvalue weighted by Gasteiger charge is -2.41. The van der Waals surface area contributed by atoms with E-state index in [1.807, 2.05) is 0 Å². The molecular formula is C17H26N2O2. The summed E-state index contributed by atoms with van der Waals surface area (Å²) in [6, 6.07) is 5.05. The van der Waals surface area contributed by atoms with E-state index in [1.54, 1.807) is 0 Å². The number of ether oxygens (including phenoxy) is 1. The minimum atomic E-state index is 0.210. The Kier molecular flexibility index (Phi) is 3.56. The lowest BCUT2D eigenvalue weighted by Crippen LogP contribution is -2.51. The summed E-state index contributed by atoms with van der Waals surface area (Å²) in [5, 5.41) is 0. The highest BCUT2D eigenvalue weighted by Gasteiger charge is 2.41. The van der Waals surface area contributed by atoms with E-state index >= 15 is 0 Å². The SMILES string of the molecule is CC1CC1c1ccc(C(CN)N2CCOC3CCCC32)o1. The molecule has 0 amide bonds. The van der Waals surface area contributed by atoms with Gasteiger partial charge in [0.2, 0.25) is 0 Å². The van der Waals surface area contributed by atoms with Crippen molar-refractivity contribution >= 4 is 0 Å². The van der Waals surface area contributed by atoms with Crippen LogP contribution in [0.5, 0.6) is 0 Å². The normalized spacial score (nSPS) is 37.4. The minimum Gasteiger partial charge on any atom is -0.464 e. The molecular weight excluding hydrogens is 264 g/mol. The third-order valence-corrected chi connectivity index (χ3v) is 5.60. The van der Waals surface area contributed by atoms with Crippen LogP contribution in [-0.4, -0.2) is 36.7 Å². The average Bonchev–Trinajstić information content (AvgIpc) is 2.95. The van der Waals surface area contributed by atoms with Gasteiger partial charge in [0.05, 0.1) is 18.8 Å². The molecule has 1 aromatic heterocycles. The van der Waals surface area contributed by atoms with Gasteiger partial charge in [-0.25, -0.2) is 0 Å². The van der Waals surface area contributed by atoms with Crippen LogP contribution in [-0.2, 0) is 4.74 Å². The van der Waals surface area contributed by atoms with Crippen molar-refractivity contribution in [3.8, 4) is 0 Å². The number of hydrogen-bond donors (Lipinski definition) is 1. The van der Waals surface area contributed by atoms with E-state index in [1.165, 1.54) is 25.7 Å². The van der Waals surface area contributed by atoms with Crippen molar-refractivity contribution in [2.45, 2.75) is 56.7 Å². The quantitative estimate of drug-likeness (QED) is 0.926. The fourth-order valence-corrected chi connectivity index (χ4v) is 4.22. The van der Waals surface area contributed by atoms with Gasteiger partial charge in [-0.05, 0) is 43.7 Å². The van der Waals surface area contributed by atoms with Crippen molar-refractivity contribution < 1.29 is 9.15 Å². The number of nitrogens with zero attached hydrogens (tertiary/aromatic N) is 1. The Morgan fingerprint density at radius 1 is 1.38 bits per heavy atom. The van der Waals surface area contributed by atoms with Crippen molar-refractivity contribution in [2.75, 3.05) is 19.7 Å². The Balaban J connectivity index is 1.54. The lowest BCUT2D eigenvalue weighted by molar-refractivity contribution is -0.0738. The number of fused-ring (bicyclic) bond motifs is 1. The molecule has 1 aromatic rings. The van der Waals surface area contributed by atoms with Gasteiger partial charge < -0.3 is 14.9 Å². The van der Waals surface area contributed by atoms with Gasteiger partial charge in [-0.15, -0.1) is 0 Å². The van der Waals surface area contributed by atoms with Crippen molar-refractivity contribution in [1.29, 1.82) is 0 Å². The van der Waals surface area contributed by atoms with Gasteiger partial charge in [0, 0.05) is 25.0 Å². The van der Waals surface area contributed by atoms with Gasteiger partial charge in [-0.3, -0.25) is 4.90 Å². The molecule has 116 valence electrons. The topological polar surface area (TPSA) is 51.6 Å². The molecule has 2 saturated carbocycles. The van der Waals surface area contributed by atoms with Gasteiger partial charge in [-0.2, -0.15) is 0 Å². The Bertz CT molecular complexity index is 501. The first kappa shape index (κ1) is 13.8. The van der Waals surface area contributed by atoms with E-state index in [0.29, 0.717) is 24.6 Å². The molecule has 0 bridgehead atoms. The molecule has 4 heteroatoms. The maximum absolute atomic E-state index is 6.17. The summed E-state index contributed by atoms with van der Waals surface area (Å²) in [6.07, 6.45) is 5.37. The summed E-state index contributed by atoms with van der Waals surface area (Å²) in [4.78, 5) is 2.54. The molecule has 4 nitrogen and oxygen atoms in total. The standard InChI is InChI=1S/C17H26N2O2/c1-11-9-12(11)15-5-6-17(21-15)14(10-18)19-7-8-20-16-4-2-3-13(16)19/h5-6,11-14,16H,2-4,7-10,18H2,1H3. The Hall–Kier alpha value is -0.840. The van der Waals surface area contributed by atoms with Crippen LogP contribution in [0.2, 0.25) is 0 Å². The van der Waals surface area contributed by atoms with E-state index in [4.69, 9.17) is 14.9 Å². The van der Waals surface area contributed by atoms with Crippen LogP contribution in [0.1, 0.15) is 56.1 Å². The Morgan fingerprint density at radius 3 is 3.00 bits per heavy atom. The molecule has 3 aliphatic rings. The number of morpholine rings is 1. The number of furan rings is 1. The van der Waals surface area contributed by atoms with E-state index in [9.17, 15) is 0 Å². The van der Waals surface area contributed by atoms with Crippen LogP contribution < -0.4 is 5.73 Å². The molecule has 21 heavy (non-hydrogen) atoms. The maximum Gasteiger partial charge on any atom is 0.122 e. The molecule has 0 radical (unpaired) electrons. The molecule has 4 rings (SSSR count). The first-order valence-electron chi connectivity index (χ1n) is 8.45. The summed E-state index contributed by atoms with van der Waals surface area (Å²) in [5.74, 6) is 3.63. The smallest absolute Gasteiger partial charge is 0.122 e. The molecule has 0 aromatic carbocycles. The van der Waals surface area contributed by atoms with Crippen LogP contribution >= 0.6 is 0 Å². The average molecular weight is 290 g/mol. The van der Waals surface area contributed by atoms with E-state index in [-0.39, 0.29) is 6.04 Å². The molecule has 0 spiro atoms. The van der Waals surface area contributed by atoms with Gasteiger partial charge in [0.15, 0.2) is 0 Å². The zero-order valence-corrected chi connectivity index (χ0v) is 12.8. The summed E-state index contributed by atoms with van der Waals surface area (Å²) in [6.45, 7) is 4.71. The molecule has 2 aliphatic carbocycles. The zero-order chi connectivity index (χ0) is 14.4. The van der Waals surface area contributed by atoms with Gasteiger partial charge >= 0.3 is 0 Å². The zero-order valence-electron chi connectivity index (χ0n) is 12.8. The van der Waals surface area contributed by atoms with Gasteiger partial charge in [-0.1, -0.05) is 6.92 Å². The third-order valence-electron chi connectivity index (χ3n) is 5.60. The fourth-order valence-electron chi connectivity index (χ4n) is 4.22. The third kappa shape index (κ3) is 2.43. The summed E-state index contributed by atoms with van der Waals surface area (Å²) < 4.78 is 12.1.